The molecule has 0 saturated carbocycles. The lowest BCUT2D eigenvalue weighted by molar-refractivity contribution is 0.0554. The van der Waals surface area contributed by atoms with Gasteiger partial charge in [0.15, 0.2) is 0 Å². The summed E-state index contributed by atoms with van der Waals surface area (Å²) in [4.78, 5) is 18.1. The Morgan fingerprint density at radius 1 is 1.25 bits per heavy atom. The Kier molecular flexibility index (Phi) is 4.92. The van der Waals surface area contributed by atoms with Gasteiger partial charge >= 0.3 is 6.03 Å². The summed E-state index contributed by atoms with van der Waals surface area (Å²) < 4.78 is 26.4. The van der Waals surface area contributed by atoms with E-state index in [9.17, 15) is 9.18 Å². The molecule has 0 radical (unpaired) electrons. The Labute approximate surface area is 160 Å². The molecule has 8 heteroatoms. The third kappa shape index (κ3) is 3.80. The van der Waals surface area contributed by atoms with Gasteiger partial charge in [-0.15, -0.1) is 0 Å². The van der Waals surface area contributed by atoms with Gasteiger partial charge in [0.2, 0.25) is 12.7 Å². The number of nitrogens with one attached hydrogen (secondary N) is 1. The molecule has 1 N–H and O–H groups in total. The molecule has 0 saturated heterocycles. The molecule has 0 aliphatic carbocycles. The maximum atomic E-state index is 14.4. The molecule has 0 bridgehead atoms. The molecule has 0 spiro atoms. The average Bonchev–Trinajstić information content (AvgIpc) is 3.41. The Balaban J connectivity index is 1.53. The van der Waals surface area contributed by atoms with Crippen LogP contribution in [-0.4, -0.2) is 27.3 Å². The highest BCUT2D eigenvalue weighted by molar-refractivity contribution is 5.90. The predicted molar refractivity (Wildman–Crippen MR) is 99.6 cm³/mol. The molecular weight excluding hydrogens is 363 g/mol. The molecule has 4 rings (SSSR count). The lowest BCUT2D eigenvalue weighted by atomic mass is 10.2. The minimum Gasteiger partial charge on any atom is -0.459 e. The minimum atomic E-state index is -0.481. The number of urea groups is 1. The van der Waals surface area contributed by atoms with Crippen molar-refractivity contribution in [3.63, 3.8) is 0 Å². The number of ether oxygens (including phenoxy) is 2. The number of aromatic nitrogens is 2. The molecule has 3 aromatic rings. The van der Waals surface area contributed by atoms with Crippen molar-refractivity contribution in [2.24, 2.45) is 0 Å². The van der Waals surface area contributed by atoms with Crippen molar-refractivity contribution in [1.82, 2.24) is 14.5 Å². The van der Waals surface area contributed by atoms with E-state index >= 15 is 0 Å². The lowest BCUT2D eigenvalue weighted by Crippen LogP contribution is -2.34. The topological polar surface area (TPSA) is 68.6 Å². The minimum absolute atomic E-state index is 0.0438. The maximum absolute atomic E-state index is 14.4. The summed E-state index contributed by atoms with van der Waals surface area (Å²) in [6.45, 7) is 0.319. The zero-order valence-corrected chi connectivity index (χ0v) is 14.8. The van der Waals surface area contributed by atoms with E-state index in [4.69, 9.17) is 9.47 Å². The van der Waals surface area contributed by atoms with Crippen LogP contribution in [0.15, 0.2) is 79.4 Å². The van der Waals surface area contributed by atoms with Crippen molar-refractivity contribution < 1.29 is 18.7 Å². The summed E-state index contributed by atoms with van der Waals surface area (Å²) in [5.41, 5.74) is 1.58. The van der Waals surface area contributed by atoms with Crippen molar-refractivity contribution in [2.45, 2.75) is 6.54 Å². The summed E-state index contributed by atoms with van der Waals surface area (Å²) in [6.07, 6.45) is 6.09. The van der Waals surface area contributed by atoms with Gasteiger partial charge in [-0.25, -0.2) is 14.2 Å². The molecule has 1 aliphatic heterocycles. The van der Waals surface area contributed by atoms with Crippen LogP contribution in [0, 0.1) is 5.82 Å². The second-order valence-electron chi connectivity index (χ2n) is 6.02. The monoisotopic (exact) mass is 380 g/mol. The van der Waals surface area contributed by atoms with Gasteiger partial charge in [0.1, 0.15) is 12.1 Å². The van der Waals surface area contributed by atoms with E-state index in [-0.39, 0.29) is 19.2 Å². The molecule has 1 aromatic heterocycles. The summed E-state index contributed by atoms with van der Waals surface area (Å²) in [5, 5.41) is 2.70. The van der Waals surface area contributed by atoms with Crippen molar-refractivity contribution in [2.75, 3.05) is 12.1 Å². The van der Waals surface area contributed by atoms with Crippen LogP contribution < -0.4 is 5.32 Å². The molecule has 0 fully saturated rings. The van der Waals surface area contributed by atoms with Crippen molar-refractivity contribution in [1.29, 1.82) is 0 Å². The molecule has 142 valence electrons. The SMILES string of the molecule is O=C(Nc1ccc(-n2ccnc2)c(F)c1)N(Cc1ccccc1)C1=COCO1. The summed E-state index contributed by atoms with van der Waals surface area (Å²) >= 11 is 0. The van der Waals surface area contributed by atoms with Crippen LogP contribution in [0.4, 0.5) is 14.9 Å². The van der Waals surface area contributed by atoms with Gasteiger partial charge < -0.3 is 19.4 Å². The van der Waals surface area contributed by atoms with E-state index in [2.05, 4.69) is 10.3 Å². The number of benzene rings is 2. The Hall–Kier alpha value is -3.81. The number of rotatable bonds is 5. The normalized spacial score (nSPS) is 12.7. The van der Waals surface area contributed by atoms with Gasteiger partial charge in [-0.3, -0.25) is 4.90 Å². The number of halogens is 1. The number of hydrogen-bond acceptors (Lipinski definition) is 4. The molecule has 2 heterocycles. The van der Waals surface area contributed by atoms with Crippen LogP contribution in [0.5, 0.6) is 0 Å². The van der Waals surface area contributed by atoms with Crippen LogP contribution in [0.25, 0.3) is 5.69 Å². The van der Waals surface area contributed by atoms with Gasteiger partial charge in [-0.1, -0.05) is 30.3 Å². The standard InChI is InChI=1S/C20H17FN4O3/c21-17-10-16(6-7-18(17)24-9-8-22-13-24)23-20(26)25(19-12-27-14-28-19)11-15-4-2-1-3-5-15/h1-10,12-13H,11,14H2,(H,23,26). The highest BCUT2D eigenvalue weighted by Gasteiger charge is 2.23. The quantitative estimate of drug-likeness (QED) is 0.730. The third-order valence-corrected chi connectivity index (χ3v) is 4.14. The Morgan fingerprint density at radius 3 is 2.79 bits per heavy atom. The van der Waals surface area contributed by atoms with Crippen molar-refractivity contribution in [3.05, 3.63) is 90.8 Å². The fourth-order valence-corrected chi connectivity index (χ4v) is 2.78. The van der Waals surface area contributed by atoms with Gasteiger partial charge in [0.05, 0.1) is 18.6 Å². The molecule has 1 aliphatic rings. The largest absolute Gasteiger partial charge is 0.459 e. The van der Waals surface area contributed by atoms with E-state index in [0.717, 1.165) is 5.56 Å². The Morgan fingerprint density at radius 2 is 2.11 bits per heavy atom. The van der Waals surface area contributed by atoms with E-state index in [1.807, 2.05) is 30.3 Å². The maximum Gasteiger partial charge on any atom is 0.329 e. The summed E-state index contributed by atoms with van der Waals surface area (Å²) in [5.74, 6) is -0.193. The molecule has 0 atom stereocenters. The van der Waals surface area contributed by atoms with Crippen LogP contribution in [0.1, 0.15) is 5.56 Å². The second kappa shape index (κ2) is 7.83. The highest BCUT2D eigenvalue weighted by atomic mass is 19.1. The summed E-state index contributed by atoms with van der Waals surface area (Å²) in [6, 6.07) is 13.5. The fourth-order valence-electron chi connectivity index (χ4n) is 2.78. The first-order chi connectivity index (χ1) is 13.7. The molecule has 28 heavy (non-hydrogen) atoms. The number of amides is 2. The molecule has 2 aromatic carbocycles. The second-order valence-corrected chi connectivity index (χ2v) is 6.02. The molecular formula is C20H17FN4O3. The van der Waals surface area contributed by atoms with Gasteiger partial charge in [-0.05, 0) is 23.8 Å². The van der Waals surface area contributed by atoms with E-state index in [0.29, 0.717) is 11.4 Å². The fraction of sp³-hybridized carbons (Fsp3) is 0.100. The smallest absolute Gasteiger partial charge is 0.329 e. The Bertz CT molecular complexity index is 990. The molecule has 7 nitrogen and oxygen atoms in total. The first-order valence-corrected chi connectivity index (χ1v) is 8.55. The highest BCUT2D eigenvalue weighted by Crippen LogP contribution is 2.21. The number of hydrogen-bond donors (Lipinski definition) is 1. The van der Waals surface area contributed by atoms with Crippen LogP contribution >= 0.6 is 0 Å². The molecule has 2 amide bonds. The first-order valence-electron chi connectivity index (χ1n) is 8.55. The van der Waals surface area contributed by atoms with Crippen molar-refractivity contribution in [3.8, 4) is 5.69 Å². The van der Waals surface area contributed by atoms with Gasteiger partial charge in [-0.2, -0.15) is 0 Å². The summed E-state index contributed by atoms with van der Waals surface area (Å²) in [7, 11) is 0. The van der Waals surface area contributed by atoms with E-state index in [1.54, 1.807) is 29.1 Å². The third-order valence-electron chi connectivity index (χ3n) is 4.14. The predicted octanol–water partition coefficient (Wildman–Crippen LogP) is 3.85. The number of carbonyl (C=O) groups is 1. The zero-order valence-electron chi connectivity index (χ0n) is 14.8. The number of carbonyl (C=O) groups excluding carboxylic acids is 1. The lowest BCUT2D eigenvalue weighted by Gasteiger charge is -2.22. The van der Waals surface area contributed by atoms with E-state index < -0.39 is 11.8 Å². The van der Waals surface area contributed by atoms with Gasteiger partial charge in [0, 0.05) is 18.1 Å². The van der Waals surface area contributed by atoms with Gasteiger partial charge in [0.25, 0.3) is 0 Å². The first kappa shape index (κ1) is 17.6. The molecule has 0 unspecified atom stereocenters. The zero-order chi connectivity index (χ0) is 19.3. The van der Waals surface area contributed by atoms with Crippen molar-refractivity contribution >= 4 is 11.7 Å². The average molecular weight is 380 g/mol. The van der Waals surface area contributed by atoms with Crippen LogP contribution in [0.3, 0.4) is 0 Å². The van der Waals surface area contributed by atoms with Crippen LogP contribution in [0.2, 0.25) is 0 Å². The van der Waals surface area contributed by atoms with Crippen LogP contribution in [-0.2, 0) is 16.0 Å². The van der Waals surface area contributed by atoms with E-state index in [1.165, 1.54) is 23.6 Å². The number of nitrogens with zero attached hydrogens (tertiary/aromatic N) is 3. The number of imidazole rings is 1. The number of anilines is 1.